The van der Waals surface area contributed by atoms with Gasteiger partial charge in [-0.05, 0) is 18.2 Å². The lowest BCUT2D eigenvalue weighted by Crippen LogP contribution is -2.43. The molecule has 1 aromatic rings. The summed E-state index contributed by atoms with van der Waals surface area (Å²) in [5, 5.41) is 5.33. The quantitative estimate of drug-likeness (QED) is 0.833. The van der Waals surface area contributed by atoms with Crippen LogP contribution in [0.2, 0.25) is 0 Å². The van der Waals surface area contributed by atoms with Gasteiger partial charge in [0.15, 0.2) is 0 Å². The zero-order chi connectivity index (χ0) is 13.7. The van der Waals surface area contributed by atoms with Crippen LogP contribution in [0.1, 0.15) is 10.4 Å². The molecule has 0 unspecified atom stereocenters. The van der Waals surface area contributed by atoms with Gasteiger partial charge in [-0.3, -0.25) is 4.79 Å². The molecular formula is C13H17N3O3. The van der Waals surface area contributed by atoms with Crippen LogP contribution in [-0.2, 0) is 4.74 Å². The number of ether oxygens (including phenoxy) is 1. The molecule has 102 valence electrons. The van der Waals surface area contributed by atoms with Gasteiger partial charge in [-0.15, -0.1) is 0 Å². The Balaban J connectivity index is 2.02. The Bertz CT molecular complexity index is 470. The van der Waals surface area contributed by atoms with E-state index in [2.05, 4.69) is 10.6 Å². The van der Waals surface area contributed by atoms with Gasteiger partial charge >= 0.3 is 6.03 Å². The Morgan fingerprint density at radius 2 is 2.00 bits per heavy atom. The summed E-state index contributed by atoms with van der Waals surface area (Å²) in [4.78, 5) is 25.2. The van der Waals surface area contributed by atoms with Crippen LogP contribution in [0, 0.1) is 0 Å². The van der Waals surface area contributed by atoms with Crippen molar-refractivity contribution in [2.45, 2.75) is 0 Å². The molecule has 1 aliphatic rings. The number of nitrogens with zero attached hydrogens (tertiary/aromatic N) is 1. The monoisotopic (exact) mass is 263 g/mol. The highest BCUT2D eigenvalue weighted by Crippen LogP contribution is 2.12. The van der Waals surface area contributed by atoms with Crippen LogP contribution in [-0.4, -0.2) is 50.2 Å². The highest BCUT2D eigenvalue weighted by Gasteiger charge is 2.16. The van der Waals surface area contributed by atoms with Crippen molar-refractivity contribution in [3.63, 3.8) is 0 Å². The van der Waals surface area contributed by atoms with Gasteiger partial charge < -0.3 is 20.3 Å². The van der Waals surface area contributed by atoms with E-state index < -0.39 is 0 Å². The van der Waals surface area contributed by atoms with Crippen molar-refractivity contribution in [1.82, 2.24) is 10.2 Å². The van der Waals surface area contributed by atoms with Crippen LogP contribution in [0.15, 0.2) is 24.3 Å². The maximum Gasteiger partial charge on any atom is 0.321 e. The molecule has 0 aromatic heterocycles. The molecule has 2 N–H and O–H groups in total. The fraction of sp³-hybridized carbons (Fsp3) is 0.385. The minimum atomic E-state index is -0.178. The number of benzene rings is 1. The number of amides is 3. The predicted molar refractivity (Wildman–Crippen MR) is 71.2 cm³/mol. The lowest BCUT2D eigenvalue weighted by Gasteiger charge is -2.26. The first kappa shape index (κ1) is 13.4. The summed E-state index contributed by atoms with van der Waals surface area (Å²) >= 11 is 0. The molecule has 0 aliphatic carbocycles. The lowest BCUT2D eigenvalue weighted by molar-refractivity contribution is 0.0564. The second-order valence-electron chi connectivity index (χ2n) is 4.19. The van der Waals surface area contributed by atoms with Crippen LogP contribution in [0.4, 0.5) is 10.5 Å². The van der Waals surface area contributed by atoms with E-state index in [1.165, 1.54) is 0 Å². The molecule has 1 aromatic carbocycles. The number of hydrogen-bond acceptors (Lipinski definition) is 3. The Hall–Kier alpha value is -2.08. The normalized spacial score (nSPS) is 14.9. The molecule has 1 heterocycles. The van der Waals surface area contributed by atoms with E-state index in [0.29, 0.717) is 37.6 Å². The van der Waals surface area contributed by atoms with E-state index in [0.717, 1.165) is 0 Å². The summed E-state index contributed by atoms with van der Waals surface area (Å²) in [7, 11) is 1.57. The molecule has 0 atom stereocenters. The summed E-state index contributed by atoms with van der Waals surface area (Å²) in [5.41, 5.74) is 1.12. The van der Waals surface area contributed by atoms with Gasteiger partial charge in [0.25, 0.3) is 5.91 Å². The molecule has 0 bridgehead atoms. The van der Waals surface area contributed by atoms with Crippen LogP contribution < -0.4 is 10.6 Å². The second-order valence-corrected chi connectivity index (χ2v) is 4.19. The Kier molecular flexibility index (Phi) is 4.35. The van der Waals surface area contributed by atoms with Crippen molar-refractivity contribution in [3.05, 3.63) is 29.8 Å². The number of nitrogens with one attached hydrogen (secondary N) is 2. The number of carbonyl (C=O) groups excluding carboxylic acids is 2. The van der Waals surface area contributed by atoms with Crippen molar-refractivity contribution >= 4 is 17.6 Å². The fourth-order valence-corrected chi connectivity index (χ4v) is 1.85. The SMILES string of the molecule is CNC(=O)c1cccc(NC(=O)N2CCOCC2)c1. The zero-order valence-corrected chi connectivity index (χ0v) is 10.8. The van der Waals surface area contributed by atoms with Crippen LogP contribution in [0.3, 0.4) is 0 Å². The summed E-state index contributed by atoms with van der Waals surface area (Å²) in [6, 6.07) is 6.67. The van der Waals surface area contributed by atoms with Gasteiger partial charge in [0.05, 0.1) is 13.2 Å². The summed E-state index contributed by atoms with van der Waals surface area (Å²) in [5.74, 6) is -0.178. The molecule has 2 rings (SSSR count). The standard InChI is InChI=1S/C13H17N3O3/c1-14-12(17)10-3-2-4-11(9-10)15-13(18)16-5-7-19-8-6-16/h2-4,9H,5-8H2,1H3,(H,14,17)(H,15,18). The van der Waals surface area contributed by atoms with Crippen molar-refractivity contribution in [2.24, 2.45) is 0 Å². The van der Waals surface area contributed by atoms with E-state index in [1.54, 1.807) is 36.2 Å². The van der Waals surface area contributed by atoms with Crippen molar-refractivity contribution < 1.29 is 14.3 Å². The number of hydrogen-bond donors (Lipinski definition) is 2. The molecule has 19 heavy (non-hydrogen) atoms. The minimum Gasteiger partial charge on any atom is -0.378 e. The summed E-state index contributed by atoms with van der Waals surface area (Å²) in [6.45, 7) is 2.29. The molecule has 3 amide bonds. The van der Waals surface area contributed by atoms with Gasteiger partial charge in [0.1, 0.15) is 0 Å². The van der Waals surface area contributed by atoms with Gasteiger partial charge in [0.2, 0.25) is 0 Å². The average Bonchev–Trinajstić information content (AvgIpc) is 2.47. The third kappa shape index (κ3) is 3.45. The van der Waals surface area contributed by atoms with E-state index in [1.807, 2.05) is 0 Å². The number of anilines is 1. The first-order valence-electron chi connectivity index (χ1n) is 6.16. The molecule has 1 saturated heterocycles. The van der Waals surface area contributed by atoms with E-state index in [-0.39, 0.29) is 11.9 Å². The Morgan fingerprint density at radius 3 is 2.68 bits per heavy atom. The second kappa shape index (κ2) is 6.19. The maximum absolute atomic E-state index is 12.0. The molecule has 6 nitrogen and oxygen atoms in total. The summed E-state index contributed by atoms with van der Waals surface area (Å²) in [6.07, 6.45) is 0. The van der Waals surface area contributed by atoms with Gasteiger partial charge in [0, 0.05) is 31.4 Å². The highest BCUT2D eigenvalue weighted by molar-refractivity contribution is 5.96. The molecule has 0 radical (unpaired) electrons. The third-order valence-corrected chi connectivity index (χ3v) is 2.90. The van der Waals surface area contributed by atoms with Crippen molar-refractivity contribution in [3.8, 4) is 0 Å². The van der Waals surface area contributed by atoms with E-state index >= 15 is 0 Å². The first-order chi connectivity index (χ1) is 9.20. The molecule has 0 saturated carbocycles. The smallest absolute Gasteiger partial charge is 0.321 e. The third-order valence-electron chi connectivity index (χ3n) is 2.90. The van der Waals surface area contributed by atoms with Crippen LogP contribution in [0.25, 0.3) is 0 Å². The van der Waals surface area contributed by atoms with Gasteiger partial charge in [-0.25, -0.2) is 4.79 Å². The van der Waals surface area contributed by atoms with E-state index in [9.17, 15) is 9.59 Å². The van der Waals surface area contributed by atoms with E-state index in [4.69, 9.17) is 4.74 Å². The Morgan fingerprint density at radius 1 is 1.26 bits per heavy atom. The van der Waals surface area contributed by atoms with Crippen molar-refractivity contribution in [2.75, 3.05) is 38.7 Å². The topological polar surface area (TPSA) is 70.7 Å². The fourth-order valence-electron chi connectivity index (χ4n) is 1.85. The first-order valence-corrected chi connectivity index (χ1v) is 6.16. The number of morpholine rings is 1. The number of urea groups is 1. The van der Waals surface area contributed by atoms with Crippen LogP contribution in [0.5, 0.6) is 0 Å². The van der Waals surface area contributed by atoms with Gasteiger partial charge in [-0.1, -0.05) is 6.07 Å². The molecule has 1 aliphatic heterocycles. The molecule has 0 spiro atoms. The minimum absolute atomic E-state index is 0.169. The van der Waals surface area contributed by atoms with Crippen LogP contribution >= 0.6 is 0 Å². The number of carbonyl (C=O) groups is 2. The largest absolute Gasteiger partial charge is 0.378 e. The molecule has 1 fully saturated rings. The zero-order valence-electron chi connectivity index (χ0n) is 10.8. The summed E-state index contributed by atoms with van der Waals surface area (Å²) < 4.78 is 5.19. The molecule has 6 heteroatoms. The molecular weight excluding hydrogens is 246 g/mol. The van der Waals surface area contributed by atoms with Gasteiger partial charge in [-0.2, -0.15) is 0 Å². The lowest BCUT2D eigenvalue weighted by atomic mass is 10.2. The maximum atomic E-state index is 12.0. The predicted octanol–water partition coefficient (Wildman–Crippen LogP) is 0.910. The number of rotatable bonds is 2. The Labute approximate surface area is 111 Å². The van der Waals surface area contributed by atoms with Crippen molar-refractivity contribution in [1.29, 1.82) is 0 Å². The highest BCUT2D eigenvalue weighted by atomic mass is 16.5. The average molecular weight is 263 g/mol.